The molecule has 1 aromatic carbocycles. The molecule has 1 atom stereocenters. The van der Waals surface area contributed by atoms with Crippen LogP contribution in [0, 0.1) is 0 Å². The Kier molecular flexibility index (Phi) is 9.36. The van der Waals surface area contributed by atoms with E-state index in [2.05, 4.69) is 62.2 Å². The molecular weight excluding hydrogens is 256 g/mol. The molecule has 0 aromatic heterocycles. The Morgan fingerprint density at radius 2 is 1.57 bits per heavy atom. The lowest BCUT2D eigenvalue weighted by molar-refractivity contribution is 0.296. The molecule has 0 spiro atoms. The molecule has 0 saturated heterocycles. The summed E-state index contributed by atoms with van der Waals surface area (Å²) in [6.07, 6.45) is 5.14. The van der Waals surface area contributed by atoms with Crippen LogP contribution in [0.25, 0.3) is 0 Å². The number of rotatable bonds is 11. The van der Waals surface area contributed by atoms with Crippen LogP contribution in [-0.4, -0.2) is 24.0 Å². The third-order valence-electron chi connectivity index (χ3n) is 4.32. The predicted molar refractivity (Wildman–Crippen MR) is 93.5 cm³/mol. The van der Waals surface area contributed by atoms with E-state index in [0.29, 0.717) is 6.04 Å². The lowest BCUT2D eigenvalue weighted by Gasteiger charge is -2.19. The molecule has 1 rings (SSSR count). The number of unbranched alkanes of at least 4 members (excludes halogenated alkanes) is 1. The second-order valence-electron chi connectivity index (χ2n) is 5.91. The largest absolute Gasteiger partial charge is 0.310 e. The first-order valence-electron chi connectivity index (χ1n) is 8.76. The van der Waals surface area contributed by atoms with Crippen molar-refractivity contribution in [1.29, 1.82) is 0 Å². The zero-order chi connectivity index (χ0) is 15.5. The van der Waals surface area contributed by atoms with Gasteiger partial charge >= 0.3 is 0 Å². The Hall–Kier alpha value is -0.860. The zero-order valence-electron chi connectivity index (χ0n) is 14.5. The topological polar surface area (TPSA) is 15.3 Å². The summed E-state index contributed by atoms with van der Waals surface area (Å²) in [5, 5.41) is 3.69. The van der Waals surface area contributed by atoms with E-state index in [-0.39, 0.29) is 0 Å². The lowest BCUT2D eigenvalue weighted by Crippen LogP contribution is -2.27. The minimum Gasteiger partial charge on any atom is -0.310 e. The van der Waals surface area contributed by atoms with Gasteiger partial charge in [0.15, 0.2) is 0 Å². The molecule has 0 aliphatic heterocycles. The van der Waals surface area contributed by atoms with Crippen molar-refractivity contribution in [3.63, 3.8) is 0 Å². The Morgan fingerprint density at radius 3 is 2.10 bits per heavy atom. The summed E-state index contributed by atoms with van der Waals surface area (Å²) in [6.45, 7) is 13.3. The van der Waals surface area contributed by atoms with Gasteiger partial charge in [0.2, 0.25) is 0 Å². The van der Waals surface area contributed by atoms with Gasteiger partial charge in [-0.15, -0.1) is 0 Å². The summed E-state index contributed by atoms with van der Waals surface area (Å²) in [6, 6.07) is 9.78. The Morgan fingerprint density at radius 1 is 0.952 bits per heavy atom. The van der Waals surface area contributed by atoms with E-state index in [4.69, 9.17) is 0 Å². The maximum Gasteiger partial charge on any atom is 0.0233 e. The Balaban J connectivity index is 2.43. The molecule has 21 heavy (non-hydrogen) atoms. The van der Waals surface area contributed by atoms with Crippen LogP contribution in [0.5, 0.6) is 0 Å². The van der Waals surface area contributed by atoms with Gasteiger partial charge in [0.25, 0.3) is 0 Å². The fourth-order valence-corrected chi connectivity index (χ4v) is 2.63. The molecule has 0 saturated carbocycles. The number of benzene rings is 1. The monoisotopic (exact) mass is 290 g/mol. The van der Waals surface area contributed by atoms with Crippen molar-refractivity contribution in [3.8, 4) is 0 Å². The fourth-order valence-electron chi connectivity index (χ4n) is 2.63. The molecule has 1 aromatic rings. The van der Waals surface area contributed by atoms with Crippen LogP contribution in [0.2, 0.25) is 0 Å². The van der Waals surface area contributed by atoms with Crippen LogP contribution in [0.1, 0.15) is 64.5 Å². The van der Waals surface area contributed by atoms with E-state index in [9.17, 15) is 0 Å². The van der Waals surface area contributed by atoms with Crippen molar-refractivity contribution in [2.75, 3.05) is 13.1 Å². The molecular formula is C19H34N2. The van der Waals surface area contributed by atoms with Crippen LogP contribution in [0.3, 0.4) is 0 Å². The smallest absolute Gasteiger partial charge is 0.0233 e. The highest BCUT2D eigenvalue weighted by atomic mass is 15.1. The van der Waals surface area contributed by atoms with Crippen molar-refractivity contribution in [3.05, 3.63) is 35.4 Å². The standard InChI is InChI=1S/C19H34N2/c1-5-9-10-19(6-2)20-15-17-11-13-18(14-12-17)16-21(7-3)8-4/h11-14,19-20H,5-10,15-16H2,1-4H3. The number of nitrogens with zero attached hydrogens (tertiary/aromatic N) is 1. The lowest BCUT2D eigenvalue weighted by atomic mass is 10.1. The Bertz CT molecular complexity index is 354. The predicted octanol–water partition coefficient (Wildman–Crippen LogP) is 4.59. The highest BCUT2D eigenvalue weighted by Crippen LogP contribution is 2.09. The van der Waals surface area contributed by atoms with E-state index in [1.807, 2.05) is 0 Å². The molecule has 1 unspecified atom stereocenters. The van der Waals surface area contributed by atoms with Crippen molar-refractivity contribution in [2.24, 2.45) is 0 Å². The maximum absolute atomic E-state index is 3.69. The van der Waals surface area contributed by atoms with E-state index in [0.717, 1.165) is 26.2 Å². The summed E-state index contributed by atoms with van der Waals surface area (Å²) >= 11 is 0. The van der Waals surface area contributed by atoms with Crippen molar-refractivity contribution < 1.29 is 0 Å². The number of hydrogen-bond acceptors (Lipinski definition) is 2. The van der Waals surface area contributed by atoms with Gasteiger partial charge in [0.05, 0.1) is 0 Å². The third-order valence-corrected chi connectivity index (χ3v) is 4.32. The summed E-state index contributed by atoms with van der Waals surface area (Å²) in [5.74, 6) is 0. The first-order chi connectivity index (χ1) is 10.2. The second kappa shape index (κ2) is 10.8. The van der Waals surface area contributed by atoms with Gasteiger partial charge in [-0.25, -0.2) is 0 Å². The summed E-state index contributed by atoms with van der Waals surface area (Å²) in [7, 11) is 0. The van der Waals surface area contributed by atoms with Crippen LogP contribution < -0.4 is 5.32 Å². The van der Waals surface area contributed by atoms with Gasteiger partial charge < -0.3 is 5.32 Å². The molecule has 1 N–H and O–H groups in total. The quantitative estimate of drug-likeness (QED) is 0.641. The van der Waals surface area contributed by atoms with Crippen LogP contribution in [-0.2, 0) is 13.1 Å². The van der Waals surface area contributed by atoms with Gasteiger partial charge in [0, 0.05) is 19.1 Å². The maximum atomic E-state index is 3.69. The summed E-state index contributed by atoms with van der Waals surface area (Å²) in [5.41, 5.74) is 2.81. The zero-order valence-corrected chi connectivity index (χ0v) is 14.5. The first kappa shape index (κ1) is 18.2. The second-order valence-corrected chi connectivity index (χ2v) is 5.91. The third kappa shape index (κ3) is 7.10. The molecule has 2 nitrogen and oxygen atoms in total. The minimum atomic E-state index is 0.667. The van der Waals surface area contributed by atoms with Crippen molar-refractivity contribution >= 4 is 0 Å². The SMILES string of the molecule is CCCCC(CC)NCc1ccc(CN(CC)CC)cc1. The van der Waals surface area contributed by atoms with E-state index in [1.54, 1.807) is 0 Å². The normalized spacial score (nSPS) is 12.8. The summed E-state index contributed by atoms with van der Waals surface area (Å²) in [4.78, 5) is 2.45. The molecule has 0 fully saturated rings. The average Bonchev–Trinajstić information content (AvgIpc) is 2.54. The van der Waals surface area contributed by atoms with Gasteiger partial charge in [0.1, 0.15) is 0 Å². The molecule has 0 radical (unpaired) electrons. The van der Waals surface area contributed by atoms with Crippen LogP contribution >= 0.6 is 0 Å². The molecule has 0 aliphatic rings. The van der Waals surface area contributed by atoms with Crippen LogP contribution in [0.15, 0.2) is 24.3 Å². The van der Waals surface area contributed by atoms with Gasteiger partial charge in [-0.2, -0.15) is 0 Å². The van der Waals surface area contributed by atoms with E-state index < -0.39 is 0 Å². The van der Waals surface area contributed by atoms with Crippen molar-refractivity contribution in [1.82, 2.24) is 10.2 Å². The van der Waals surface area contributed by atoms with E-state index >= 15 is 0 Å². The number of hydrogen-bond donors (Lipinski definition) is 1. The summed E-state index contributed by atoms with van der Waals surface area (Å²) < 4.78 is 0. The van der Waals surface area contributed by atoms with Gasteiger partial charge in [-0.1, -0.05) is 64.8 Å². The van der Waals surface area contributed by atoms with E-state index in [1.165, 1.54) is 36.8 Å². The molecule has 0 heterocycles. The van der Waals surface area contributed by atoms with Gasteiger partial charge in [-0.3, -0.25) is 4.90 Å². The molecule has 2 heteroatoms. The fraction of sp³-hybridized carbons (Fsp3) is 0.684. The molecule has 120 valence electrons. The van der Waals surface area contributed by atoms with Crippen molar-refractivity contribution in [2.45, 2.75) is 72.5 Å². The number of nitrogens with one attached hydrogen (secondary N) is 1. The molecule has 0 aliphatic carbocycles. The minimum absolute atomic E-state index is 0.667. The Labute approximate surface area is 131 Å². The highest BCUT2D eigenvalue weighted by Gasteiger charge is 2.05. The highest BCUT2D eigenvalue weighted by molar-refractivity contribution is 5.22. The van der Waals surface area contributed by atoms with Crippen LogP contribution in [0.4, 0.5) is 0 Å². The van der Waals surface area contributed by atoms with Gasteiger partial charge in [-0.05, 0) is 37.1 Å². The first-order valence-corrected chi connectivity index (χ1v) is 8.76. The molecule has 0 bridgehead atoms. The molecule has 0 amide bonds. The average molecular weight is 290 g/mol.